The normalized spacial score (nSPS) is 19.2. The molecule has 0 saturated heterocycles. The van der Waals surface area contributed by atoms with Gasteiger partial charge in [-0.25, -0.2) is 4.39 Å². The second-order valence-electron chi connectivity index (χ2n) is 6.65. The Bertz CT molecular complexity index is 775. The lowest BCUT2D eigenvalue weighted by atomic mass is 9.89. The molecule has 0 spiro atoms. The van der Waals surface area contributed by atoms with Crippen LogP contribution in [0.25, 0.3) is 0 Å². The van der Waals surface area contributed by atoms with Gasteiger partial charge in [0.2, 0.25) is 0 Å². The summed E-state index contributed by atoms with van der Waals surface area (Å²) in [4.78, 5) is 14.9. The summed E-state index contributed by atoms with van der Waals surface area (Å²) in [6.07, 6.45) is 0.654. The number of hydrogen-bond acceptors (Lipinski definition) is 3. The van der Waals surface area contributed by atoms with Crippen LogP contribution in [-0.2, 0) is 11.2 Å². The van der Waals surface area contributed by atoms with Gasteiger partial charge < -0.3 is 14.4 Å². The molecule has 1 amide bonds. The molecule has 3 rings (SSSR count). The number of halogens is 1. The summed E-state index contributed by atoms with van der Waals surface area (Å²) < 4.78 is 24.0. The van der Waals surface area contributed by atoms with Crippen molar-refractivity contribution in [2.45, 2.75) is 32.4 Å². The smallest absolute Gasteiger partial charge is 0.254 e. The fourth-order valence-corrected chi connectivity index (χ4v) is 3.57. The molecule has 2 atom stereocenters. The van der Waals surface area contributed by atoms with E-state index in [-0.39, 0.29) is 23.8 Å². The van der Waals surface area contributed by atoms with Gasteiger partial charge in [-0.2, -0.15) is 0 Å². The summed E-state index contributed by atoms with van der Waals surface area (Å²) in [5.74, 6) is 0.453. The van der Waals surface area contributed by atoms with Crippen molar-refractivity contribution in [2.24, 2.45) is 0 Å². The first-order valence-corrected chi connectivity index (χ1v) is 8.84. The number of benzene rings is 2. The molecule has 0 fully saturated rings. The van der Waals surface area contributed by atoms with Crippen LogP contribution in [0.15, 0.2) is 42.5 Å². The van der Waals surface area contributed by atoms with Gasteiger partial charge in [0.1, 0.15) is 18.2 Å². The second kappa shape index (κ2) is 7.87. The molecule has 0 unspecified atom stereocenters. The molecular formula is C21H24FNO3. The van der Waals surface area contributed by atoms with Gasteiger partial charge in [0.05, 0.1) is 12.6 Å². The Hall–Kier alpha value is -2.40. The standard InChI is InChI=1S/C21H24FNO3/c1-14-12-17-13-18(22)6-9-20(17)15(2)23(14)21(24)16-4-7-19(8-5-16)26-11-10-25-3/h4-9,13-15H,10-12H2,1-3H3/t14-,15+/m0/s1. The lowest BCUT2D eigenvalue weighted by Crippen LogP contribution is -2.45. The topological polar surface area (TPSA) is 38.8 Å². The zero-order valence-corrected chi connectivity index (χ0v) is 15.4. The van der Waals surface area contributed by atoms with Crippen molar-refractivity contribution in [1.29, 1.82) is 0 Å². The number of ether oxygens (including phenoxy) is 2. The van der Waals surface area contributed by atoms with Crippen molar-refractivity contribution in [1.82, 2.24) is 4.90 Å². The van der Waals surface area contributed by atoms with Crippen molar-refractivity contribution in [3.8, 4) is 5.75 Å². The zero-order chi connectivity index (χ0) is 18.7. The van der Waals surface area contributed by atoms with Crippen LogP contribution >= 0.6 is 0 Å². The van der Waals surface area contributed by atoms with Crippen molar-refractivity contribution in [3.63, 3.8) is 0 Å². The van der Waals surface area contributed by atoms with Crippen LogP contribution < -0.4 is 4.74 Å². The quantitative estimate of drug-likeness (QED) is 0.759. The van der Waals surface area contributed by atoms with Crippen molar-refractivity contribution >= 4 is 5.91 Å². The number of hydrogen-bond donors (Lipinski definition) is 0. The van der Waals surface area contributed by atoms with Gasteiger partial charge >= 0.3 is 0 Å². The van der Waals surface area contributed by atoms with E-state index in [2.05, 4.69) is 0 Å². The Morgan fingerprint density at radius 3 is 2.58 bits per heavy atom. The molecular weight excluding hydrogens is 333 g/mol. The summed E-state index contributed by atoms with van der Waals surface area (Å²) in [5, 5.41) is 0. The molecule has 2 aromatic carbocycles. The van der Waals surface area contributed by atoms with Crippen LogP contribution in [0, 0.1) is 5.82 Å². The third-order valence-corrected chi connectivity index (χ3v) is 4.85. The molecule has 4 nitrogen and oxygen atoms in total. The lowest BCUT2D eigenvalue weighted by molar-refractivity contribution is 0.0580. The molecule has 1 aliphatic rings. The van der Waals surface area contributed by atoms with Crippen LogP contribution in [0.5, 0.6) is 5.75 Å². The number of amides is 1. The Kier molecular flexibility index (Phi) is 5.57. The first-order chi connectivity index (χ1) is 12.5. The molecule has 1 aliphatic heterocycles. The maximum Gasteiger partial charge on any atom is 0.254 e. The van der Waals surface area contributed by atoms with E-state index in [9.17, 15) is 9.18 Å². The van der Waals surface area contributed by atoms with Crippen molar-refractivity contribution in [3.05, 3.63) is 65.0 Å². The minimum atomic E-state index is -0.230. The van der Waals surface area contributed by atoms with E-state index in [1.165, 1.54) is 6.07 Å². The SMILES string of the molecule is COCCOc1ccc(C(=O)N2[C@H](C)c3ccc(F)cc3C[C@@H]2C)cc1. The van der Waals surface area contributed by atoms with E-state index in [0.29, 0.717) is 30.9 Å². The lowest BCUT2D eigenvalue weighted by Gasteiger charge is -2.40. The number of nitrogens with zero attached hydrogens (tertiary/aromatic N) is 1. The second-order valence-corrected chi connectivity index (χ2v) is 6.65. The maximum atomic E-state index is 13.5. The minimum Gasteiger partial charge on any atom is -0.491 e. The summed E-state index contributed by atoms with van der Waals surface area (Å²) in [6, 6.07) is 11.9. The Labute approximate surface area is 153 Å². The molecule has 0 radical (unpaired) electrons. The largest absolute Gasteiger partial charge is 0.491 e. The number of methoxy groups -OCH3 is 1. The van der Waals surface area contributed by atoms with Crippen LogP contribution in [0.2, 0.25) is 0 Å². The summed E-state index contributed by atoms with van der Waals surface area (Å²) in [6.45, 7) is 4.98. The molecule has 26 heavy (non-hydrogen) atoms. The Morgan fingerprint density at radius 1 is 1.15 bits per heavy atom. The highest BCUT2D eigenvalue weighted by molar-refractivity contribution is 5.95. The minimum absolute atomic E-state index is 0.00410. The highest BCUT2D eigenvalue weighted by Crippen LogP contribution is 2.34. The predicted octanol–water partition coefficient (Wildman–Crippen LogP) is 4.00. The van der Waals surface area contributed by atoms with Crippen LogP contribution in [0.3, 0.4) is 0 Å². The molecule has 2 aromatic rings. The summed E-state index contributed by atoms with van der Waals surface area (Å²) in [5.41, 5.74) is 2.61. The number of rotatable bonds is 5. The molecule has 1 heterocycles. The monoisotopic (exact) mass is 357 g/mol. The molecule has 0 saturated carbocycles. The van der Waals surface area contributed by atoms with E-state index >= 15 is 0 Å². The average molecular weight is 357 g/mol. The third kappa shape index (κ3) is 3.73. The molecule has 5 heteroatoms. The van der Waals surface area contributed by atoms with Crippen molar-refractivity contribution in [2.75, 3.05) is 20.3 Å². The first kappa shape index (κ1) is 18.4. The van der Waals surface area contributed by atoms with E-state index in [4.69, 9.17) is 9.47 Å². The highest BCUT2D eigenvalue weighted by atomic mass is 19.1. The van der Waals surface area contributed by atoms with Crippen LogP contribution in [0.1, 0.15) is 41.4 Å². The Balaban J connectivity index is 1.77. The van der Waals surface area contributed by atoms with Gasteiger partial charge in [0.25, 0.3) is 5.91 Å². The number of carbonyl (C=O) groups is 1. The molecule has 0 N–H and O–H groups in total. The molecule has 0 aliphatic carbocycles. The fourth-order valence-electron chi connectivity index (χ4n) is 3.57. The number of fused-ring (bicyclic) bond motifs is 1. The van der Waals surface area contributed by atoms with E-state index in [1.54, 1.807) is 43.5 Å². The van der Waals surface area contributed by atoms with Gasteiger partial charge in [-0.1, -0.05) is 6.07 Å². The summed E-state index contributed by atoms with van der Waals surface area (Å²) in [7, 11) is 1.62. The van der Waals surface area contributed by atoms with Gasteiger partial charge in [-0.05, 0) is 67.8 Å². The maximum absolute atomic E-state index is 13.5. The van der Waals surface area contributed by atoms with E-state index in [0.717, 1.165) is 11.1 Å². The fraction of sp³-hybridized carbons (Fsp3) is 0.381. The van der Waals surface area contributed by atoms with Crippen LogP contribution in [-0.4, -0.2) is 37.2 Å². The van der Waals surface area contributed by atoms with Crippen LogP contribution in [0.4, 0.5) is 4.39 Å². The van der Waals surface area contributed by atoms with Crippen molar-refractivity contribution < 1.29 is 18.7 Å². The zero-order valence-electron chi connectivity index (χ0n) is 15.4. The Morgan fingerprint density at radius 2 is 1.88 bits per heavy atom. The first-order valence-electron chi connectivity index (χ1n) is 8.84. The highest BCUT2D eigenvalue weighted by Gasteiger charge is 2.33. The number of carbonyl (C=O) groups excluding carboxylic acids is 1. The predicted molar refractivity (Wildman–Crippen MR) is 98.0 cm³/mol. The summed E-state index contributed by atoms with van der Waals surface area (Å²) >= 11 is 0. The van der Waals surface area contributed by atoms with Gasteiger partial charge in [-0.3, -0.25) is 4.79 Å². The molecule has 0 bridgehead atoms. The van der Waals surface area contributed by atoms with Gasteiger partial charge in [0.15, 0.2) is 0 Å². The molecule has 138 valence electrons. The van der Waals surface area contributed by atoms with Gasteiger partial charge in [-0.15, -0.1) is 0 Å². The van der Waals surface area contributed by atoms with E-state index in [1.807, 2.05) is 18.7 Å². The van der Waals surface area contributed by atoms with Gasteiger partial charge in [0, 0.05) is 18.7 Å². The average Bonchev–Trinajstić information content (AvgIpc) is 2.62. The van der Waals surface area contributed by atoms with E-state index < -0.39 is 0 Å². The third-order valence-electron chi connectivity index (χ3n) is 4.85. The molecule has 0 aromatic heterocycles.